The van der Waals surface area contributed by atoms with Gasteiger partial charge in [-0.2, -0.15) is 0 Å². The lowest BCUT2D eigenvalue weighted by atomic mass is 10.3. The molecule has 0 radical (unpaired) electrons. The Bertz CT molecular complexity index is 905. The molecule has 3 heterocycles. The molecule has 0 aromatic carbocycles. The molecule has 10 heteroatoms. The Kier molecular flexibility index (Phi) is 5.53. The van der Waals surface area contributed by atoms with Crippen LogP contribution in [-0.2, 0) is 11.3 Å². The van der Waals surface area contributed by atoms with Gasteiger partial charge in [0.05, 0.1) is 6.54 Å². The summed E-state index contributed by atoms with van der Waals surface area (Å²) in [6.45, 7) is 1.28. The number of aryl methyl sites for hydroxylation is 1. The second-order valence-corrected chi connectivity index (χ2v) is 6.55. The first kappa shape index (κ1) is 18.6. The Labute approximate surface area is 155 Å². The molecule has 0 spiro atoms. The number of hydrogen-bond donors (Lipinski definition) is 1. The zero-order valence-electron chi connectivity index (χ0n) is 15.3. The SMILES string of the molecule is CN(C)c1ccc(O[C@@H]2CCN(C(=O)CCn3ccc(=O)[nH]c3=O)C2)nn1. The molecule has 144 valence electrons. The van der Waals surface area contributed by atoms with Gasteiger partial charge in [0.1, 0.15) is 6.10 Å². The normalized spacial score (nSPS) is 16.4. The first-order valence-electron chi connectivity index (χ1n) is 8.67. The van der Waals surface area contributed by atoms with Crippen LogP contribution in [0.2, 0.25) is 0 Å². The van der Waals surface area contributed by atoms with Crippen molar-refractivity contribution < 1.29 is 9.53 Å². The maximum atomic E-state index is 12.4. The van der Waals surface area contributed by atoms with E-state index in [9.17, 15) is 14.4 Å². The Hall–Kier alpha value is -3.17. The van der Waals surface area contributed by atoms with Crippen LogP contribution in [-0.4, -0.2) is 63.8 Å². The molecule has 1 atom stereocenters. The second-order valence-electron chi connectivity index (χ2n) is 6.55. The van der Waals surface area contributed by atoms with Crippen LogP contribution in [0, 0.1) is 0 Å². The summed E-state index contributed by atoms with van der Waals surface area (Å²) in [6.07, 6.45) is 2.14. The van der Waals surface area contributed by atoms with E-state index in [1.807, 2.05) is 25.1 Å². The molecule has 1 aliphatic heterocycles. The number of hydrogen-bond acceptors (Lipinski definition) is 7. The van der Waals surface area contributed by atoms with Crippen LogP contribution in [0.4, 0.5) is 5.82 Å². The zero-order chi connectivity index (χ0) is 19.4. The van der Waals surface area contributed by atoms with Gasteiger partial charge < -0.3 is 19.1 Å². The van der Waals surface area contributed by atoms with Crippen molar-refractivity contribution in [2.45, 2.75) is 25.5 Å². The number of rotatable bonds is 6. The summed E-state index contributed by atoms with van der Waals surface area (Å²) in [6, 6.07) is 4.84. The molecule has 0 bridgehead atoms. The Morgan fingerprint density at radius 2 is 2.11 bits per heavy atom. The van der Waals surface area contributed by atoms with Gasteiger partial charge >= 0.3 is 5.69 Å². The first-order chi connectivity index (χ1) is 12.9. The third kappa shape index (κ3) is 4.72. The van der Waals surface area contributed by atoms with Gasteiger partial charge in [0.2, 0.25) is 11.8 Å². The minimum atomic E-state index is -0.516. The first-order valence-corrected chi connectivity index (χ1v) is 8.67. The molecule has 1 saturated heterocycles. The summed E-state index contributed by atoms with van der Waals surface area (Å²) in [5, 5.41) is 8.11. The fourth-order valence-corrected chi connectivity index (χ4v) is 2.83. The molecular formula is C17H22N6O4. The van der Waals surface area contributed by atoms with Crippen LogP contribution >= 0.6 is 0 Å². The summed E-state index contributed by atoms with van der Waals surface area (Å²) in [4.78, 5) is 40.8. The number of aromatic nitrogens is 4. The van der Waals surface area contributed by atoms with Gasteiger partial charge in [-0.05, 0) is 6.07 Å². The maximum Gasteiger partial charge on any atom is 0.328 e. The summed E-state index contributed by atoms with van der Waals surface area (Å²) in [5.41, 5.74) is -0.971. The van der Waals surface area contributed by atoms with Crippen molar-refractivity contribution in [1.29, 1.82) is 0 Å². The number of nitrogens with one attached hydrogen (secondary N) is 1. The average Bonchev–Trinajstić information content (AvgIpc) is 3.10. The van der Waals surface area contributed by atoms with Crippen LogP contribution in [0.3, 0.4) is 0 Å². The number of carbonyl (C=O) groups excluding carboxylic acids is 1. The van der Waals surface area contributed by atoms with Gasteiger partial charge in [-0.1, -0.05) is 0 Å². The van der Waals surface area contributed by atoms with E-state index in [2.05, 4.69) is 15.2 Å². The lowest BCUT2D eigenvalue weighted by molar-refractivity contribution is -0.130. The Balaban J connectivity index is 1.50. The highest BCUT2D eigenvalue weighted by Crippen LogP contribution is 2.18. The number of H-pyrrole nitrogens is 1. The van der Waals surface area contributed by atoms with Crippen molar-refractivity contribution in [3.8, 4) is 5.88 Å². The highest BCUT2D eigenvalue weighted by molar-refractivity contribution is 5.76. The number of amides is 1. The van der Waals surface area contributed by atoms with Crippen LogP contribution in [0.1, 0.15) is 12.8 Å². The predicted molar refractivity (Wildman–Crippen MR) is 97.9 cm³/mol. The number of ether oxygens (including phenoxy) is 1. The van der Waals surface area contributed by atoms with Gasteiger partial charge in [0, 0.05) is 58.4 Å². The predicted octanol–water partition coefficient (Wildman–Crippen LogP) is -0.537. The minimum Gasteiger partial charge on any atom is -0.471 e. The minimum absolute atomic E-state index is 0.0618. The zero-order valence-corrected chi connectivity index (χ0v) is 15.3. The molecule has 0 unspecified atom stereocenters. The van der Waals surface area contributed by atoms with E-state index in [-0.39, 0.29) is 25.0 Å². The molecule has 1 aliphatic rings. The van der Waals surface area contributed by atoms with E-state index in [4.69, 9.17) is 4.74 Å². The summed E-state index contributed by atoms with van der Waals surface area (Å²) >= 11 is 0. The van der Waals surface area contributed by atoms with E-state index in [0.717, 1.165) is 5.82 Å². The highest BCUT2D eigenvalue weighted by Gasteiger charge is 2.27. The van der Waals surface area contributed by atoms with Gasteiger partial charge in [-0.15, -0.1) is 10.2 Å². The van der Waals surface area contributed by atoms with Crippen molar-refractivity contribution in [3.05, 3.63) is 45.2 Å². The number of nitrogens with zero attached hydrogens (tertiary/aromatic N) is 5. The molecule has 3 rings (SSSR count). The van der Waals surface area contributed by atoms with Crippen molar-refractivity contribution >= 4 is 11.7 Å². The van der Waals surface area contributed by atoms with E-state index < -0.39 is 11.2 Å². The fraction of sp³-hybridized carbons (Fsp3) is 0.471. The topological polar surface area (TPSA) is 113 Å². The smallest absolute Gasteiger partial charge is 0.328 e. The molecular weight excluding hydrogens is 352 g/mol. The van der Waals surface area contributed by atoms with Crippen molar-refractivity contribution in [2.24, 2.45) is 0 Å². The fourth-order valence-electron chi connectivity index (χ4n) is 2.83. The average molecular weight is 374 g/mol. The third-order valence-corrected chi connectivity index (χ3v) is 4.33. The molecule has 0 aliphatic carbocycles. The number of anilines is 1. The molecule has 1 amide bonds. The molecule has 0 saturated carbocycles. The van der Waals surface area contributed by atoms with Crippen LogP contribution in [0.25, 0.3) is 0 Å². The highest BCUT2D eigenvalue weighted by atomic mass is 16.5. The third-order valence-electron chi connectivity index (χ3n) is 4.33. The van der Waals surface area contributed by atoms with Gasteiger partial charge in [0.25, 0.3) is 5.56 Å². The molecule has 1 fully saturated rings. The lowest BCUT2D eigenvalue weighted by Gasteiger charge is -2.17. The van der Waals surface area contributed by atoms with Crippen LogP contribution < -0.4 is 20.9 Å². The lowest BCUT2D eigenvalue weighted by Crippen LogP contribution is -2.34. The molecule has 2 aromatic rings. The number of likely N-dealkylation sites (tertiary alicyclic amines) is 1. The monoisotopic (exact) mass is 374 g/mol. The van der Waals surface area contributed by atoms with Crippen molar-refractivity contribution in [3.63, 3.8) is 0 Å². The standard InChI is InChI=1S/C17H22N6O4/c1-21(2)13-3-4-15(20-19-13)27-12-5-8-23(11-12)16(25)7-10-22-9-6-14(24)18-17(22)26/h3-4,6,9,12H,5,7-8,10-11H2,1-2H3,(H,18,24,26)/t12-/m1/s1. The van der Waals surface area contributed by atoms with Crippen LogP contribution in [0.5, 0.6) is 5.88 Å². The summed E-state index contributed by atoms with van der Waals surface area (Å²) in [7, 11) is 3.76. The maximum absolute atomic E-state index is 12.4. The van der Waals surface area contributed by atoms with E-state index >= 15 is 0 Å². The van der Waals surface area contributed by atoms with Gasteiger partial charge in [0.15, 0.2) is 5.82 Å². The van der Waals surface area contributed by atoms with Crippen molar-refractivity contribution in [1.82, 2.24) is 24.6 Å². The quantitative estimate of drug-likeness (QED) is 0.722. The number of aromatic amines is 1. The van der Waals surface area contributed by atoms with Gasteiger partial charge in [-0.3, -0.25) is 14.6 Å². The van der Waals surface area contributed by atoms with E-state index in [0.29, 0.717) is 25.4 Å². The molecule has 1 N–H and O–H groups in total. The van der Waals surface area contributed by atoms with Crippen LogP contribution in [0.15, 0.2) is 34.0 Å². The summed E-state index contributed by atoms with van der Waals surface area (Å²) < 4.78 is 7.12. The Morgan fingerprint density at radius 1 is 1.30 bits per heavy atom. The van der Waals surface area contributed by atoms with E-state index in [1.54, 1.807) is 11.0 Å². The van der Waals surface area contributed by atoms with Crippen molar-refractivity contribution in [2.75, 3.05) is 32.1 Å². The molecule has 2 aromatic heterocycles. The largest absolute Gasteiger partial charge is 0.471 e. The number of carbonyl (C=O) groups is 1. The second kappa shape index (κ2) is 8.02. The molecule has 10 nitrogen and oxygen atoms in total. The van der Waals surface area contributed by atoms with Gasteiger partial charge in [-0.25, -0.2) is 4.79 Å². The molecule has 27 heavy (non-hydrogen) atoms. The Morgan fingerprint density at radius 3 is 2.78 bits per heavy atom. The van der Waals surface area contributed by atoms with E-state index in [1.165, 1.54) is 16.8 Å². The summed E-state index contributed by atoms with van der Waals surface area (Å²) in [5.74, 6) is 1.11.